The molecule has 40 heavy (non-hydrogen) atoms. The van der Waals surface area contributed by atoms with Crippen molar-refractivity contribution in [1.29, 1.82) is 0 Å². The number of hydrogen-bond donors (Lipinski definition) is 1. The van der Waals surface area contributed by atoms with Gasteiger partial charge in [0, 0.05) is 22.6 Å². The molecule has 0 aromatic heterocycles. The third kappa shape index (κ3) is 7.77. The maximum absolute atomic E-state index is 14.1. The fourth-order valence-corrected chi connectivity index (χ4v) is 5.97. The average molecular weight is 605 g/mol. The molecular formula is C30H35Cl2N3O4S. The number of anilines is 1. The van der Waals surface area contributed by atoms with Crippen LogP contribution in [0.4, 0.5) is 5.69 Å². The zero-order chi connectivity index (χ0) is 29.4. The van der Waals surface area contributed by atoms with Gasteiger partial charge in [-0.25, -0.2) is 8.42 Å². The molecule has 0 unspecified atom stereocenters. The van der Waals surface area contributed by atoms with Gasteiger partial charge in [0.25, 0.3) is 10.0 Å². The van der Waals surface area contributed by atoms with Crippen molar-refractivity contribution in [3.8, 4) is 0 Å². The fraction of sp³-hybridized carbons (Fsp3) is 0.333. The highest BCUT2D eigenvalue weighted by molar-refractivity contribution is 7.92. The number of benzene rings is 3. The second kappa shape index (κ2) is 14.0. The third-order valence-corrected chi connectivity index (χ3v) is 9.00. The summed E-state index contributed by atoms with van der Waals surface area (Å²) in [7, 11) is -4.17. The summed E-state index contributed by atoms with van der Waals surface area (Å²) >= 11 is 12.1. The predicted octanol–water partition coefficient (Wildman–Crippen LogP) is 6.22. The van der Waals surface area contributed by atoms with Gasteiger partial charge in [-0.15, -0.1) is 0 Å². The van der Waals surface area contributed by atoms with E-state index in [0.717, 1.165) is 16.3 Å². The van der Waals surface area contributed by atoms with E-state index in [0.29, 0.717) is 27.7 Å². The molecule has 7 nitrogen and oxygen atoms in total. The van der Waals surface area contributed by atoms with E-state index in [9.17, 15) is 18.0 Å². The van der Waals surface area contributed by atoms with Gasteiger partial charge in [0.05, 0.1) is 10.6 Å². The van der Waals surface area contributed by atoms with Gasteiger partial charge in [-0.05, 0) is 80.3 Å². The highest BCUT2D eigenvalue weighted by atomic mass is 35.5. The molecule has 1 N–H and O–H groups in total. The molecule has 0 radical (unpaired) electrons. The smallest absolute Gasteiger partial charge is 0.264 e. The molecule has 0 saturated carbocycles. The zero-order valence-electron chi connectivity index (χ0n) is 23.1. The van der Waals surface area contributed by atoms with E-state index in [1.54, 1.807) is 55.5 Å². The Balaban J connectivity index is 2.06. The molecule has 0 spiro atoms. The summed E-state index contributed by atoms with van der Waals surface area (Å²) in [5, 5.41) is 3.91. The summed E-state index contributed by atoms with van der Waals surface area (Å²) in [6.07, 6.45) is 1.07. The number of carbonyl (C=O) groups is 2. The Kier molecular flexibility index (Phi) is 11.0. The molecule has 3 rings (SSSR count). The van der Waals surface area contributed by atoms with Crippen LogP contribution in [0.15, 0.2) is 77.7 Å². The van der Waals surface area contributed by atoms with E-state index < -0.39 is 28.5 Å². The van der Waals surface area contributed by atoms with Crippen molar-refractivity contribution in [2.75, 3.05) is 10.8 Å². The molecule has 0 aliphatic carbocycles. The van der Waals surface area contributed by atoms with E-state index in [4.69, 9.17) is 23.2 Å². The number of rotatable bonds is 12. The van der Waals surface area contributed by atoms with E-state index in [-0.39, 0.29) is 23.4 Å². The van der Waals surface area contributed by atoms with Gasteiger partial charge in [0.1, 0.15) is 12.6 Å². The second-order valence-electron chi connectivity index (χ2n) is 9.64. The van der Waals surface area contributed by atoms with Gasteiger partial charge in [0.2, 0.25) is 11.8 Å². The Labute approximate surface area is 247 Å². The van der Waals surface area contributed by atoms with Crippen LogP contribution in [0.5, 0.6) is 0 Å². The third-order valence-electron chi connectivity index (χ3n) is 6.72. The van der Waals surface area contributed by atoms with Crippen molar-refractivity contribution in [3.05, 3.63) is 94.0 Å². The van der Waals surface area contributed by atoms with Crippen LogP contribution in [0.1, 0.15) is 44.7 Å². The van der Waals surface area contributed by atoms with Crippen LogP contribution >= 0.6 is 23.2 Å². The van der Waals surface area contributed by atoms with Crippen molar-refractivity contribution in [2.24, 2.45) is 0 Å². The number of halogens is 2. The number of aryl methyl sites for hydroxylation is 1. The van der Waals surface area contributed by atoms with Gasteiger partial charge in [-0.3, -0.25) is 13.9 Å². The number of carbonyl (C=O) groups excluding carboxylic acids is 2. The van der Waals surface area contributed by atoms with Gasteiger partial charge < -0.3 is 10.2 Å². The first kappa shape index (κ1) is 31.5. The SMILES string of the molecule is CC[C@@H](C)NC(=O)[C@H](CC)N(Cc1ccc(Cl)cc1)C(=O)CN(c1ccccc1C)S(=O)(=O)c1ccc(Cl)cc1. The summed E-state index contributed by atoms with van der Waals surface area (Å²) < 4.78 is 29.0. The summed E-state index contributed by atoms with van der Waals surface area (Å²) in [6.45, 7) is 7.07. The standard InChI is InChI=1S/C30H35Cl2N3O4S/c1-5-22(4)33-30(37)27(6-2)34(19-23-11-13-24(31)14-12-23)29(36)20-35(28-10-8-7-9-21(28)3)40(38,39)26-17-15-25(32)16-18-26/h7-18,22,27H,5-6,19-20H2,1-4H3,(H,33,37)/t22-,27+/m1/s1. The van der Waals surface area contributed by atoms with Crippen molar-refractivity contribution >= 4 is 50.7 Å². The number of nitrogens with one attached hydrogen (secondary N) is 1. The number of nitrogens with zero attached hydrogens (tertiary/aromatic N) is 2. The minimum absolute atomic E-state index is 0.00115. The van der Waals surface area contributed by atoms with Crippen molar-refractivity contribution < 1.29 is 18.0 Å². The Morgan fingerprint density at radius 3 is 2.00 bits per heavy atom. The summed E-state index contributed by atoms with van der Waals surface area (Å²) in [5.74, 6) is -0.802. The molecule has 0 fully saturated rings. The zero-order valence-corrected chi connectivity index (χ0v) is 25.4. The maximum Gasteiger partial charge on any atom is 0.264 e. The van der Waals surface area contributed by atoms with Crippen LogP contribution in [0.25, 0.3) is 0 Å². The largest absolute Gasteiger partial charge is 0.352 e. The van der Waals surface area contributed by atoms with Crippen molar-refractivity contribution in [3.63, 3.8) is 0 Å². The van der Waals surface area contributed by atoms with Gasteiger partial charge in [0.15, 0.2) is 0 Å². The molecule has 0 bridgehead atoms. The van der Waals surface area contributed by atoms with Crippen LogP contribution < -0.4 is 9.62 Å². The Hall–Kier alpha value is -3.07. The summed E-state index contributed by atoms with van der Waals surface area (Å²) in [6, 6.07) is 18.9. The molecule has 0 aliphatic heterocycles. The monoisotopic (exact) mass is 603 g/mol. The predicted molar refractivity (Wildman–Crippen MR) is 161 cm³/mol. The van der Waals surface area contributed by atoms with Crippen molar-refractivity contribution in [2.45, 2.75) is 64.1 Å². The number of hydrogen-bond acceptors (Lipinski definition) is 4. The summed E-state index contributed by atoms with van der Waals surface area (Å²) in [4.78, 5) is 28.9. The first-order valence-electron chi connectivity index (χ1n) is 13.2. The molecule has 3 aromatic rings. The van der Waals surface area contributed by atoms with Crippen LogP contribution in [-0.2, 0) is 26.2 Å². The first-order valence-corrected chi connectivity index (χ1v) is 15.4. The van der Waals surface area contributed by atoms with E-state index >= 15 is 0 Å². The van der Waals surface area contributed by atoms with E-state index in [2.05, 4.69) is 5.32 Å². The molecule has 10 heteroatoms. The average Bonchev–Trinajstić information content (AvgIpc) is 2.93. The van der Waals surface area contributed by atoms with Crippen LogP contribution in [0.3, 0.4) is 0 Å². The molecule has 0 saturated heterocycles. The molecule has 3 aromatic carbocycles. The lowest BCUT2D eigenvalue weighted by molar-refractivity contribution is -0.140. The van der Waals surface area contributed by atoms with Crippen LogP contribution in [0.2, 0.25) is 10.0 Å². The Morgan fingerprint density at radius 1 is 0.875 bits per heavy atom. The quantitative estimate of drug-likeness (QED) is 0.266. The molecule has 214 valence electrons. The Bertz CT molecular complexity index is 1410. The highest BCUT2D eigenvalue weighted by Crippen LogP contribution is 2.28. The molecule has 0 heterocycles. The van der Waals surface area contributed by atoms with E-state index in [1.807, 2.05) is 20.8 Å². The lowest BCUT2D eigenvalue weighted by Crippen LogP contribution is -2.53. The molecule has 0 aliphatic rings. The normalized spacial score (nSPS) is 12.8. The topological polar surface area (TPSA) is 86.8 Å². The highest BCUT2D eigenvalue weighted by Gasteiger charge is 2.34. The molecule has 2 amide bonds. The lowest BCUT2D eigenvalue weighted by atomic mass is 10.1. The number of para-hydroxylation sites is 1. The fourth-order valence-electron chi connectivity index (χ4n) is 4.24. The number of amides is 2. The van der Waals surface area contributed by atoms with Crippen LogP contribution in [0, 0.1) is 6.92 Å². The summed E-state index contributed by atoms with van der Waals surface area (Å²) in [5.41, 5.74) is 1.81. The Morgan fingerprint density at radius 2 is 1.45 bits per heavy atom. The van der Waals surface area contributed by atoms with Gasteiger partial charge in [-0.2, -0.15) is 0 Å². The minimum Gasteiger partial charge on any atom is -0.352 e. The lowest BCUT2D eigenvalue weighted by Gasteiger charge is -2.34. The second-order valence-corrected chi connectivity index (χ2v) is 12.4. The van der Waals surface area contributed by atoms with E-state index in [1.165, 1.54) is 29.2 Å². The van der Waals surface area contributed by atoms with Crippen LogP contribution in [-0.4, -0.2) is 43.8 Å². The minimum atomic E-state index is -4.17. The number of sulfonamides is 1. The first-order chi connectivity index (χ1) is 19.0. The van der Waals surface area contributed by atoms with Gasteiger partial charge in [-0.1, -0.05) is 67.4 Å². The van der Waals surface area contributed by atoms with Crippen molar-refractivity contribution in [1.82, 2.24) is 10.2 Å². The van der Waals surface area contributed by atoms with Gasteiger partial charge >= 0.3 is 0 Å². The maximum atomic E-state index is 14.1. The molecular weight excluding hydrogens is 569 g/mol. The molecule has 2 atom stereocenters.